The Bertz CT molecular complexity index is 644. The Labute approximate surface area is 156 Å². The van der Waals surface area contributed by atoms with Gasteiger partial charge >= 0.3 is 0 Å². The summed E-state index contributed by atoms with van der Waals surface area (Å²) in [6, 6.07) is 14.4. The van der Waals surface area contributed by atoms with Crippen LogP contribution in [-0.2, 0) is 13.2 Å². The summed E-state index contributed by atoms with van der Waals surface area (Å²) in [6.07, 6.45) is 0. The summed E-state index contributed by atoms with van der Waals surface area (Å²) in [6.45, 7) is 8.41. The fourth-order valence-electron chi connectivity index (χ4n) is 2.51. The number of rotatable bonds is 12. The lowest BCUT2D eigenvalue weighted by molar-refractivity contribution is 0.269. The van der Waals surface area contributed by atoms with Gasteiger partial charge in [-0.15, -0.1) is 0 Å². The molecule has 0 spiro atoms. The summed E-state index contributed by atoms with van der Waals surface area (Å²) in [5.74, 6) is 1.54. The monoisotopic (exact) mass is 358 g/mol. The Morgan fingerprint density at radius 2 is 1.58 bits per heavy atom. The van der Waals surface area contributed by atoms with E-state index < -0.39 is 0 Å². The Morgan fingerprint density at radius 1 is 0.846 bits per heavy atom. The van der Waals surface area contributed by atoms with Crippen molar-refractivity contribution < 1.29 is 14.6 Å². The van der Waals surface area contributed by atoms with Gasteiger partial charge in [0.05, 0.1) is 13.2 Å². The molecule has 0 saturated heterocycles. The quantitative estimate of drug-likeness (QED) is 0.509. The van der Waals surface area contributed by atoms with Crippen LogP contribution in [0.3, 0.4) is 0 Å². The first kappa shape index (κ1) is 20.2. The maximum atomic E-state index is 8.73. The standard InChI is InChI=1S/C21H30N2O3/c1-3-25-21-14-19(15-23-11-10-22-12-13-24)8-9-20(21)26-16-18-6-4-17(2)5-7-18/h4-9,14,22-24H,3,10-13,15-16H2,1-2H3. The fourth-order valence-corrected chi connectivity index (χ4v) is 2.51. The van der Waals surface area contributed by atoms with Crippen molar-refractivity contribution in [3.05, 3.63) is 59.2 Å². The maximum Gasteiger partial charge on any atom is 0.161 e. The van der Waals surface area contributed by atoms with Crippen LogP contribution in [0.2, 0.25) is 0 Å². The zero-order valence-corrected chi connectivity index (χ0v) is 15.8. The van der Waals surface area contributed by atoms with Crippen LogP contribution in [-0.4, -0.2) is 38.0 Å². The van der Waals surface area contributed by atoms with Crippen LogP contribution in [0.4, 0.5) is 0 Å². The van der Waals surface area contributed by atoms with Crippen LogP contribution in [0.5, 0.6) is 11.5 Å². The number of aliphatic hydroxyl groups is 1. The van der Waals surface area contributed by atoms with Crippen LogP contribution in [0.15, 0.2) is 42.5 Å². The second-order valence-corrected chi connectivity index (χ2v) is 6.14. The number of nitrogens with one attached hydrogen (secondary N) is 2. The normalized spacial score (nSPS) is 10.7. The Morgan fingerprint density at radius 3 is 2.31 bits per heavy atom. The Balaban J connectivity index is 1.89. The molecule has 0 aliphatic heterocycles. The van der Waals surface area contributed by atoms with Crippen molar-refractivity contribution >= 4 is 0 Å². The molecule has 26 heavy (non-hydrogen) atoms. The van der Waals surface area contributed by atoms with Crippen molar-refractivity contribution in [1.29, 1.82) is 0 Å². The molecule has 0 heterocycles. The third-order valence-corrected chi connectivity index (χ3v) is 3.92. The molecule has 2 rings (SSSR count). The van der Waals surface area contributed by atoms with Gasteiger partial charge in [-0.2, -0.15) is 0 Å². The zero-order valence-electron chi connectivity index (χ0n) is 15.8. The van der Waals surface area contributed by atoms with Gasteiger partial charge in [-0.3, -0.25) is 0 Å². The molecule has 0 atom stereocenters. The highest BCUT2D eigenvalue weighted by atomic mass is 16.5. The average molecular weight is 358 g/mol. The van der Waals surface area contributed by atoms with E-state index in [0.717, 1.165) is 42.3 Å². The van der Waals surface area contributed by atoms with Gasteiger partial charge < -0.3 is 25.2 Å². The molecule has 0 fully saturated rings. The van der Waals surface area contributed by atoms with Gasteiger partial charge in [-0.1, -0.05) is 35.9 Å². The number of aryl methyl sites for hydroxylation is 1. The van der Waals surface area contributed by atoms with Gasteiger partial charge in [0.25, 0.3) is 0 Å². The van der Waals surface area contributed by atoms with Gasteiger partial charge in [0.1, 0.15) is 6.61 Å². The summed E-state index contributed by atoms with van der Waals surface area (Å²) in [5, 5.41) is 15.2. The number of ether oxygens (including phenoxy) is 2. The summed E-state index contributed by atoms with van der Waals surface area (Å²) in [7, 11) is 0. The van der Waals surface area contributed by atoms with Gasteiger partial charge in [0.15, 0.2) is 11.5 Å². The number of hydrogen-bond acceptors (Lipinski definition) is 5. The van der Waals surface area contributed by atoms with E-state index in [1.54, 1.807) is 0 Å². The predicted octanol–water partition coefficient (Wildman–Crippen LogP) is 2.64. The highest BCUT2D eigenvalue weighted by molar-refractivity contribution is 5.43. The first-order chi connectivity index (χ1) is 12.7. The predicted molar refractivity (Wildman–Crippen MR) is 105 cm³/mol. The van der Waals surface area contributed by atoms with E-state index in [1.165, 1.54) is 5.56 Å². The van der Waals surface area contributed by atoms with Gasteiger partial charge in [-0.05, 0) is 37.1 Å². The van der Waals surface area contributed by atoms with Gasteiger partial charge in [0.2, 0.25) is 0 Å². The largest absolute Gasteiger partial charge is 0.490 e. The van der Waals surface area contributed by atoms with Gasteiger partial charge in [0, 0.05) is 26.2 Å². The summed E-state index contributed by atoms with van der Waals surface area (Å²) < 4.78 is 11.7. The molecule has 142 valence electrons. The second kappa shape index (κ2) is 11.5. The van der Waals surface area contributed by atoms with Crippen LogP contribution in [0, 0.1) is 6.92 Å². The molecule has 3 N–H and O–H groups in total. The Hall–Kier alpha value is -2.08. The molecule has 0 aliphatic rings. The van der Waals surface area contributed by atoms with E-state index in [0.29, 0.717) is 19.8 Å². The van der Waals surface area contributed by atoms with Crippen molar-refractivity contribution in [2.24, 2.45) is 0 Å². The van der Waals surface area contributed by atoms with E-state index in [9.17, 15) is 0 Å². The van der Waals surface area contributed by atoms with E-state index in [1.807, 2.05) is 19.1 Å². The maximum absolute atomic E-state index is 8.73. The summed E-state index contributed by atoms with van der Waals surface area (Å²) in [4.78, 5) is 0. The first-order valence-corrected chi connectivity index (χ1v) is 9.19. The highest BCUT2D eigenvalue weighted by Gasteiger charge is 2.07. The lowest BCUT2D eigenvalue weighted by Crippen LogP contribution is -2.28. The molecule has 0 radical (unpaired) electrons. The minimum Gasteiger partial charge on any atom is -0.490 e. The molecular formula is C21H30N2O3. The third kappa shape index (κ3) is 7.04. The van der Waals surface area contributed by atoms with Crippen LogP contribution in [0.25, 0.3) is 0 Å². The number of benzene rings is 2. The van der Waals surface area contributed by atoms with Gasteiger partial charge in [-0.25, -0.2) is 0 Å². The molecular weight excluding hydrogens is 328 g/mol. The summed E-state index contributed by atoms with van der Waals surface area (Å²) >= 11 is 0. The SMILES string of the molecule is CCOc1cc(CNCCNCCO)ccc1OCc1ccc(C)cc1. The minimum atomic E-state index is 0.168. The Kier molecular flexibility index (Phi) is 8.96. The average Bonchev–Trinajstić information content (AvgIpc) is 2.65. The molecule has 5 nitrogen and oxygen atoms in total. The molecule has 0 aliphatic carbocycles. The van der Waals surface area contributed by atoms with Crippen LogP contribution >= 0.6 is 0 Å². The van der Waals surface area contributed by atoms with E-state index >= 15 is 0 Å². The zero-order chi connectivity index (χ0) is 18.6. The van der Waals surface area contributed by atoms with Crippen molar-refractivity contribution in [2.75, 3.05) is 32.8 Å². The van der Waals surface area contributed by atoms with E-state index in [2.05, 4.69) is 47.9 Å². The lowest BCUT2D eigenvalue weighted by atomic mass is 10.1. The fraction of sp³-hybridized carbons (Fsp3) is 0.429. The van der Waals surface area contributed by atoms with Crippen molar-refractivity contribution in [2.45, 2.75) is 27.0 Å². The van der Waals surface area contributed by atoms with Crippen molar-refractivity contribution in [1.82, 2.24) is 10.6 Å². The number of aliphatic hydroxyl groups excluding tert-OH is 1. The summed E-state index contributed by atoms with van der Waals surface area (Å²) in [5.41, 5.74) is 3.53. The molecule has 2 aromatic rings. The smallest absolute Gasteiger partial charge is 0.161 e. The highest BCUT2D eigenvalue weighted by Crippen LogP contribution is 2.29. The second-order valence-electron chi connectivity index (χ2n) is 6.14. The third-order valence-electron chi connectivity index (χ3n) is 3.92. The molecule has 2 aromatic carbocycles. The first-order valence-electron chi connectivity index (χ1n) is 9.19. The molecule has 5 heteroatoms. The molecule has 0 unspecified atom stereocenters. The van der Waals surface area contributed by atoms with E-state index in [4.69, 9.17) is 14.6 Å². The van der Waals surface area contributed by atoms with E-state index in [-0.39, 0.29) is 6.61 Å². The number of hydrogen-bond donors (Lipinski definition) is 3. The van der Waals surface area contributed by atoms with Crippen LogP contribution < -0.4 is 20.1 Å². The molecule has 0 amide bonds. The van der Waals surface area contributed by atoms with Crippen LogP contribution in [0.1, 0.15) is 23.6 Å². The van der Waals surface area contributed by atoms with Crippen molar-refractivity contribution in [3.8, 4) is 11.5 Å². The molecule has 0 saturated carbocycles. The minimum absolute atomic E-state index is 0.168. The molecule has 0 aromatic heterocycles. The lowest BCUT2D eigenvalue weighted by Gasteiger charge is -2.14. The molecule has 0 bridgehead atoms. The topological polar surface area (TPSA) is 62.8 Å². The van der Waals surface area contributed by atoms with Crippen molar-refractivity contribution in [3.63, 3.8) is 0 Å².